The molecule has 1 fully saturated rings. The molecule has 0 heterocycles. The van der Waals surface area contributed by atoms with Gasteiger partial charge in [-0.25, -0.2) is 0 Å². The first-order chi connectivity index (χ1) is 12.8. The molecule has 1 saturated carbocycles. The van der Waals surface area contributed by atoms with Crippen molar-refractivity contribution in [3.05, 3.63) is 65.7 Å². The van der Waals surface area contributed by atoms with Gasteiger partial charge in [-0.2, -0.15) is 0 Å². The minimum absolute atomic E-state index is 0.175. The Labute approximate surface area is 156 Å². The molecule has 3 nitrogen and oxygen atoms in total. The van der Waals surface area contributed by atoms with E-state index in [1.165, 1.54) is 11.1 Å². The summed E-state index contributed by atoms with van der Waals surface area (Å²) >= 11 is 0. The van der Waals surface area contributed by atoms with Gasteiger partial charge in [0.2, 0.25) is 5.91 Å². The molecule has 1 N–H and O–H groups in total. The van der Waals surface area contributed by atoms with E-state index in [1.807, 2.05) is 19.1 Å². The Balaban J connectivity index is 1.40. The van der Waals surface area contributed by atoms with Crippen LogP contribution in [0.2, 0.25) is 0 Å². The minimum atomic E-state index is 0.175. The Kier molecular flexibility index (Phi) is 6.70. The van der Waals surface area contributed by atoms with E-state index < -0.39 is 0 Å². The van der Waals surface area contributed by atoms with Gasteiger partial charge in [0.25, 0.3) is 0 Å². The summed E-state index contributed by atoms with van der Waals surface area (Å²) in [7, 11) is 0. The monoisotopic (exact) mass is 351 g/mol. The van der Waals surface area contributed by atoms with Crippen LogP contribution < -0.4 is 10.1 Å². The van der Waals surface area contributed by atoms with E-state index in [4.69, 9.17) is 4.74 Å². The van der Waals surface area contributed by atoms with Crippen molar-refractivity contribution in [2.24, 2.45) is 5.92 Å². The maximum atomic E-state index is 11.6. The lowest BCUT2D eigenvalue weighted by molar-refractivity contribution is -0.121. The van der Waals surface area contributed by atoms with Crippen molar-refractivity contribution in [2.75, 3.05) is 13.2 Å². The summed E-state index contributed by atoms with van der Waals surface area (Å²) in [5.41, 5.74) is 2.69. The van der Waals surface area contributed by atoms with Crippen molar-refractivity contribution in [3.8, 4) is 5.75 Å². The third-order valence-electron chi connectivity index (χ3n) is 4.97. The molecule has 2 aromatic rings. The summed E-state index contributed by atoms with van der Waals surface area (Å²) < 4.78 is 5.94. The second kappa shape index (κ2) is 9.42. The van der Waals surface area contributed by atoms with Gasteiger partial charge in [0, 0.05) is 13.0 Å². The number of carbonyl (C=O) groups excluding carboxylic acids is 1. The molecule has 0 saturated heterocycles. The first-order valence-corrected chi connectivity index (χ1v) is 9.79. The number of hydrogen-bond donors (Lipinski definition) is 1. The molecule has 0 spiro atoms. The number of amides is 1. The SMILES string of the molecule is CCCC(=O)NC[C@@H]1C[C@H]1c1cccc(OCCCc2ccccc2)c1. The van der Waals surface area contributed by atoms with Crippen molar-refractivity contribution in [1.29, 1.82) is 0 Å². The van der Waals surface area contributed by atoms with Crippen molar-refractivity contribution in [3.63, 3.8) is 0 Å². The Morgan fingerprint density at radius 3 is 2.81 bits per heavy atom. The number of carbonyl (C=O) groups is 1. The molecule has 0 aliphatic heterocycles. The van der Waals surface area contributed by atoms with Gasteiger partial charge in [0.1, 0.15) is 5.75 Å². The number of ether oxygens (including phenoxy) is 1. The molecule has 138 valence electrons. The number of benzene rings is 2. The lowest BCUT2D eigenvalue weighted by atomic mass is 10.1. The molecule has 1 aliphatic rings. The molecule has 0 aromatic heterocycles. The zero-order chi connectivity index (χ0) is 18.2. The lowest BCUT2D eigenvalue weighted by Crippen LogP contribution is -2.25. The second-order valence-corrected chi connectivity index (χ2v) is 7.17. The van der Waals surface area contributed by atoms with Crippen LogP contribution in [0.1, 0.15) is 49.7 Å². The van der Waals surface area contributed by atoms with Gasteiger partial charge in [0.05, 0.1) is 6.61 Å². The molecule has 0 radical (unpaired) electrons. The molecular formula is C23H29NO2. The molecule has 1 aliphatic carbocycles. The van der Waals surface area contributed by atoms with Crippen LogP contribution in [-0.4, -0.2) is 19.1 Å². The zero-order valence-corrected chi connectivity index (χ0v) is 15.6. The van der Waals surface area contributed by atoms with Crippen molar-refractivity contribution >= 4 is 5.91 Å². The molecule has 1 amide bonds. The van der Waals surface area contributed by atoms with Gasteiger partial charge in [-0.3, -0.25) is 4.79 Å². The van der Waals surface area contributed by atoms with Gasteiger partial charge < -0.3 is 10.1 Å². The van der Waals surface area contributed by atoms with Crippen LogP contribution in [0.3, 0.4) is 0 Å². The third kappa shape index (κ3) is 5.62. The highest BCUT2D eigenvalue weighted by Gasteiger charge is 2.38. The molecule has 0 unspecified atom stereocenters. The average Bonchev–Trinajstić information content (AvgIpc) is 3.45. The Morgan fingerprint density at radius 1 is 1.15 bits per heavy atom. The fourth-order valence-electron chi connectivity index (χ4n) is 3.39. The standard InChI is InChI=1S/C23H29NO2/c1-2-8-23(25)24-17-20-16-22(20)19-12-6-13-21(15-19)26-14-7-11-18-9-4-3-5-10-18/h3-6,9-10,12-13,15,20,22H,2,7-8,11,14,16-17H2,1H3,(H,24,25)/t20-,22-/m0/s1. The van der Waals surface area contributed by atoms with Gasteiger partial charge in [-0.05, 0) is 60.8 Å². The lowest BCUT2D eigenvalue weighted by Gasteiger charge is -2.09. The van der Waals surface area contributed by atoms with E-state index >= 15 is 0 Å². The summed E-state index contributed by atoms with van der Waals surface area (Å²) in [5.74, 6) is 2.26. The number of rotatable bonds is 10. The molecule has 2 aromatic carbocycles. The fourth-order valence-corrected chi connectivity index (χ4v) is 3.39. The minimum Gasteiger partial charge on any atom is -0.494 e. The number of nitrogens with one attached hydrogen (secondary N) is 1. The van der Waals surface area contributed by atoms with Gasteiger partial charge in [0.15, 0.2) is 0 Å². The summed E-state index contributed by atoms with van der Waals surface area (Å²) in [6, 6.07) is 19.0. The third-order valence-corrected chi connectivity index (χ3v) is 4.97. The molecule has 26 heavy (non-hydrogen) atoms. The normalized spacial score (nSPS) is 18.3. The Morgan fingerprint density at radius 2 is 2.00 bits per heavy atom. The molecule has 3 heteroatoms. The van der Waals surface area contributed by atoms with Crippen LogP contribution in [0, 0.1) is 5.92 Å². The van der Waals surface area contributed by atoms with E-state index in [1.54, 1.807) is 0 Å². The molecule has 2 atom stereocenters. The highest BCUT2D eigenvalue weighted by molar-refractivity contribution is 5.75. The van der Waals surface area contributed by atoms with E-state index in [2.05, 4.69) is 47.8 Å². The van der Waals surface area contributed by atoms with Crippen molar-refractivity contribution < 1.29 is 9.53 Å². The Bertz CT molecular complexity index is 698. The van der Waals surface area contributed by atoms with E-state index in [0.29, 0.717) is 18.3 Å². The van der Waals surface area contributed by atoms with Crippen LogP contribution >= 0.6 is 0 Å². The van der Waals surface area contributed by atoms with Gasteiger partial charge in [-0.1, -0.05) is 49.4 Å². The zero-order valence-electron chi connectivity index (χ0n) is 15.6. The maximum Gasteiger partial charge on any atom is 0.219 e. The van der Waals surface area contributed by atoms with Gasteiger partial charge in [-0.15, -0.1) is 0 Å². The number of hydrogen-bond acceptors (Lipinski definition) is 2. The van der Waals surface area contributed by atoms with Crippen LogP contribution in [0.25, 0.3) is 0 Å². The number of aryl methyl sites for hydroxylation is 1. The van der Waals surface area contributed by atoms with Crippen LogP contribution in [0.4, 0.5) is 0 Å². The van der Waals surface area contributed by atoms with E-state index in [0.717, 1.165) is 44.6 Å². The summed E-state index contributed by atoms with van der Waals surface area (Å²) in [5, 5.41) is 3.05. The van der Waals surface area contributed by atoms with Crippen LogP contribution in [0.15, 0.2) is 54.6 Å². The Hall–Kier alpha value is -2.29. The summed E-state index contributed by atoms with van der Waals surface area (Å²) in [6.07, 6.45) is 4.75. The smallest absolute Gasteiger partial charge is 0.219 e. The van der Waals surface area contributed by atoms with Crippen LogP contribution in [-0.2, 0) is 11.2 Å². The van der Waals surface area contributed by atoms with Crippen LogP contribution in [0.5, 0.6) is 5.75 Å². The molecule has 0 bridgehead atoms. The average molecular weight is 351 g/mol. The predicted molar refractivity (Wildman–Crippen MR) is 105 cm³/mol. The summed E-state index contributed by atoms with van der Waals surface area (Å²) in [6.45, 7) is 3.57. The topological polar surface area (TPSA) is 38.3 Å². The first kappa shape index (κ1) is 18.5. The van der Waals surface area contributed by atoms with E-state index in [9.17, 15) is 4.79 Å². The molecule has 3 rings (SSSR count). The van der Waals surface area contributed by atoms with E-state index in [-0.39, 0.29) is 5.91 Å². The fraction of sp³-hybridized carbons (Fsp3) is 0.435. The quantitative estimate of drug-likeness (QED) is 0.629. The highest BCUT2D eigenvalue weighted by Crippen LogP contribution is 2.47. The molecular weight excluding hydrogens is 322 g/mol. The van der Waals surface area contributed by atoms with Crippen molar-refractivity contribution in [1.82, 2.24) is 5.32 Å². The van der Waals surface area contributed by atoms with Gasteiger partial charge >= 0.3 is 0 Å². The predicted octanol–water partition coefficient (Wildman–Crippen LogP) is 4.72. The van der Waals surface area contributed by atoms with Crippen molar-refractivity contribution in [2.45, 2.75) is 44.9 Å². The summed E-state index contributed by atoms with van der Waals surface area (Å²) in [4.78, 5) is 11.6. The highest BCUT2D eigenvalue weighted by atomic mass is 16.5. The largest absolute Gasteiger partial charge is 0.494 e. The second-order valence-electron chi connectivity index (χ2n) is 7.17. The maximum absolute atomic E-state index is 11.6. The first-order valence-electron chi connectivity index (χ1n) is 9.79.